The molecule has 1 aromatic rings. The molecule has 0 amide bonds. The van der Waals surface area contributed by atoms with Crippen LogP contribution in [0.3, 0.4) is 0 Å². The van der Waals surface area contributed by atoms with Crippen LogP contribution in [0.15, 0.2) is 29.4 Å². The van der Waals surface area contributed by atoms with Gasteiger partial charge in [-0.15, -0.1) is 0 Å². The van der Waals surface area contributed by atoms with E-state index in [1.54, 1.807) is 0 Å². The summed E-state index contributed by atoms with van der Waals surface area (Å²) in [5, 5.41) is 12.7. The number of nitrogens with zero attached hydrogens (tertiary/aromatic N) is 1. The highest BCUT2D eigenvalue weighted by Crippen LogP contribution is 2.33. The van der Waals surface area contributed by atoms with E-state index in [0.29, 0.717) is 0 Å². The Morgan fingerprint density at radius 1 is 1.42 bits per heavy atom. The van der Waals surface area contributed by atoms with Gasteiger partial charge in [0.05, 0.1) is 0 Å². The molecule has 1 saturated carbocycles. The molecule has 0 heterocycles. The quantitative estimate of drug-likeness (QED) is 0.383. The zero-order valence-electron chi connectivity index (χ0n) is 11.4. The second-order valence-electron chi connectivity index (χ2n) is 5.35. The summed E-state index contributed by atoms with van der Waals surface area (Å²) in [5.41, 5.74) is 7.72. The van der Waals surface area contributed by atoms with Crippen LogP contribution in [-0.2, 0) is 5.75 Å². The number of oxime groups is 1. The van der Waals surface area contributed by atoms with Crippen LogP contribution < -0.4 is 5.73 Å². The molecule has 0 aromatic heterocycles. The molecule has 0 saturated heterocycles. The third kappa shape index (κ3) is 3.90. The van der Waals surface area contributed by atoms with Gasteiger partial charge in [-0.2, -0.15) is 11.8 Å². The molecule has 1 aliphatic rings. The Balaban J connectivity index is 1.99. The molecule has 4 heteroatoms. The van der Waals surface area contributed by atoms with Gasteiger partial charge in [0.1, 0.15) is 0 Å². The number of hydrogen-bond acceptors (Lipinski definition) is 3. The maximum atomic E-state index is 8.82. The lowest BCUT2D eigenvalue weighted by Crippen LogP contribution is -2.17. The van der Waals surface area contributed by atoms with E-state index in [1.165, 1.54) is 25.7 Å². The van der Waals surface area contributed by atoms with Crippen molar-refractivity contribution < 1.29 is 5.21 Å². The molecule has 0 spiro atoms. The lowest BCUT2D eigenvalue weighted by molar-refractivity contribution is 0.318. The average Bonchev–Trinajstić information content (AvgIpc) is 2.45. The number of rotatable bonds is 4. The van der Waals surface area contributed by atoms with Gasteiger partial charge in [-0.25, -0.2) is 0 Å². The summed E-state index contributed by atoms with van der Waals surface area (Å²) in [6, 6.07) is 7.90. The molecular weight excluding hydrogens is 256 g/mol. The van der Waals surface area contributed by atoms with E-state index in [0.717, 1.165) is 28.0 Å². The van der Waals surface area contributed by atoms with Crippen LogP contribution in [0.25, 0.3) is 0 Å². The van der Waals surface area contributed by atoms with Crippen LogP contribution in [0.1, 0.15) is 43.7 Å². The van der Waals surface area contributed by atoms with Crippen molar-refractivity contribution in [3.63, 3.8) is 0 Å². The second-order valence-corrected chi connectivity index (χ2v) is 6.64. The largest absolute Gasteiger partial charge is 0.409 e. The first-order chi connectivity index (χ1) is 9.20. The molecule has 2 unspecified atom stereocenters. The topological polar surface area (TPSA) is 58.6 Å². The van der Waals surface area contributed by atoms with Gasteiger partial charge < -0.3 is 10.9 Å². The summed E-state index contributed by atoms with van der Waals surface area (Å²) in [5.74, 6) is 1.99. The van der Waals surface area contributed by atoms with Crippen LogP contribution in [-0.4, -0.2) is 16.3 Å². The maximum Gasteiger partial charge on any atom is 0.170 e. The maximum absolute atomic E-state index is 8.82. The molecule has 0 radical (unpaired) electrons. The number of thioether (sulfide) groups is 1. The van der Waals surface area contributed by atoms with Gasteiger partial charge >= 0.3 is 0 Å². The molecule has 0 bridgehead atoms. The van der Waals surface area contributed by atoms with Crippen molar-refractivity contribution in [3.8, 4) is 0 Å². The summed E-state index contributed by atoms with van der Waals surface area (Å²) in [4.78, 5) is 0. The minimum absolute atomic E-state index is 0.202. The zero-order chi connectivity index (χ0) is 13.7. The van der Waals surface area contributed by atoms with E-state index >= 15 is 0 Å². The Morgan fingerprint density at radius 3 is 2.95 bits per heavy atom. The third-order valence-corrected chi connectivity index (χ3v) is 5.14. The highest BCUT2D eigenvalue weighted by molar-refractivity contribution is 7.99. The molecule has 2 atom stereocenters. The van der Waals surface area contributed by atoms with Crippen molar-refractivity contribution in [2.24, 2.45) is 16.8 Å². The van der Waals surface area contributed by atoms with Crippen molar-refractivity contribution in [2.75, 3.05) is 0 Å². The number of nitrogens with two attached hydrogens (primary N) is 1. The van der Waals surface area contributed by atoms with Crippen molar-refractivity contribution in [2.45, 2.75) is 43.6 Å². The lowest BCUT2D eigenvalue weighted by atomic mass is 9.91. The number of amidine groups is 1. The SMILES string of the molecule is CC1CCCC(SCc2ccccc2C(N)=NO)C1. The highest BCUT2D eigenvalue weighted by Gasteiger charge is 2.19. The molecule has 0 aliphatic heterocycles. The second kappa shape index (κ2) is 6.85. The zero-order valence-corrected chi connectivity index (χ0v) is 12.2. The van der Waals surface area contributed by atoms with Crippen molar-refractivity contribution in [1.29, 1.82) is 0 Å². The number of hydrogen-bond donors (Lipinski definition) is 2. The fourth-order valence-electron chi connectivity index (χ4n) is 2.69. The standard InChI is InChI=1S/C15H22N2OS/c1-11-5-4-7-13(9-11)19-10-12-6-2-3-8-14(12)15(16)17-18/h2-3,6,8,11,13,18H,4-5,7,9-10H2,1H3,(H2,16,17). The summed E-state index contributed by atoms with van der Waals surface area (Å²) >= 11 is 2.00. The summed E-state index contributed by atoms with van der Waals surface area (Å²) in [6.45, 7) is 2.34. The Kier molecular flexibility index (Phi) is 5.14. The van der Waals surface area contributed by atoms with E-state index in [2.05, 4.69) is 18.1 Å². The minimum Gasteiger partial charge on any atom is -0.409 e. The van der Waals surface area contributed by atoms with Gasteiger partial charge in [-0.3, -0.25) is 0 Å². The highest BCUT2D eigenvalue weighted by atomic mass is 32.2. The normalized spacial score (nSPS) is 24.4. The molecule has 2 rings (SSSR count). The Morgan fingerprint density at radius 2 is 2.21 bits per heavy atom. The van der Waals surface area contributed by atoms with Crippen molar-refractivity contribution in [1.82, 2.24) is 0 Å². The van der Waals surface area contributed by atoms with Crippen LogP contribution in [0.4, 0.5) is 0 Å². The predicted octanol–water partition coefficient (Wildman–Crippen LogP) is 3.59. The minimum atomic E-state index is 0.202. The Bertz CT molecular complexity index is 448. The predicted molar refractivity (Wildman–Crippen MR) is 81.7 cm³/mol. The fourth-order valence-corrected chi connectivity index (χ4v) is 4.15. The lowest BCUT2D eigenvalue weighted by Gasteiger charge is -2.26. The van der Waals surface area contributed by atoms with E-state index in [9.17, 15) is 0 Å². The van der Waals surface area contributed by atoms with Crippen molar-refractivity contribution in [3.05, 3.63) is 35.4 Å². The molecule has 1 fully saturated rings. The first-order valence-corrected chi connectivity index (χ1v) is 7.93. The molecule has 104 valence electrons. The smallest absolute Gasteiger partial charge is 0.170 e. The summed E-state index contributed by atoms with van der Waals surface area (Å²) in [6.07, 6.45) is 5.36. The van der Waals surface area contributed by atoms with Gasteiger partial charge in [0.2, 0.25) is 0 Å². The van der Waals surface area contributed by atoms with E-state index in [4.69, 9.17) is 10.9 Å². The molecule has 19 heavy (non-hydrogen) atoms. The third-order valence-electron chi connectivity index (χ3n) is 3.76. The molecule has 3 nitrogen and oxygen atoms in total. The van der Waals surface area contributed by atoms with E-state index < -0.39 is 0 Å². The van der Waals surface area contributed by atoms with E-state index in [1.807, 2.05) is 30.0 Å². The van der Waals surface area contributed by atoms with Crippen molar-refractivity contribution >= 4 is 17.6 Å². The summed E-state index contributed by atoms with van der Waals surface area (Å²) < 4.78 is 0. The van der Waals surface area contributed by atoms with Crippen LogP contribution in [0, 0.1) is 5.92 Å². The first kappa shape index (κ1) is 14.3. The molecule has 1 aromatic carbocycles. The monoisotopic (exact) mass is 278 g/mol. The van der Waals surface area contributed by atoms with Crippen LogP contribution in [0.2, 0.25) is 0 Å². The van der Waals surface area contributed by atoms with Gasteiger partial charge in [0.15, 0.2) is 5.84 Å². The van der Waals surface area contributed by atoms with Gasteiger partial charge in [0, 0.05) is 16.6 Å². The van der Waals surface area contributed by atoms with Gasteiger partial charge in [-0.05, 0) is 24.3 Å². The average molecular weight is 278 g/mol. The molecule has 1 aliphatic carbocycles. The summed E-state index contributed by atoms with van der Waals surface area (Å²) in [7, 11) is 0. The molecule has 3 N–H and O–H groups in total. The van der Waals surface area contributed by atoms with E-state index in [-0.39, 0.29) is 5.84 Å². The van der Waals surface area contributed by atoms with Crippen LogP contribution >= 0.6 is 11.8 Å². The van der Waals surface area contributed by atoms with Crippen LogP contribution in [0.5, 0.6) is 0 Å². The fraction of sp³-hybridized carbons (Fsp3) is 0.533. The van der Waals surface area contributed by atoms with Gasteiger partial charge in [-0.1, -0.05) is 49.2 Å². The van der Waals surface area contributed by atoms with Gasteiger partial charge in [0.25, 0.3) is 0 Å². The molecular formula is C15H22N2OS. The number of benzene rings is 1. The Labute approximate surface area is 119 Å². The first-order valence-electron chi connectivity index (χ1n) is 6.88. The Hall–Kier alpha value is -1.16.